The van der Waals surface area contributed by atoms with Crippen molar-refractivity contribution in [3.8, 4) is 0 Å². The average molecular weight is 434 g/mol. The van der Waals surface area contributed by atoms with Gasteiger partial charge in [-0.1, -0.05) is 35.9 Å². The smallest absolute Gasteiger partial charge is 0.243 e. The second kappa shape index (κ2) is 10.2. The number of nitrogens with zero attached hydrogens (tertiary/aromatic N) is 2. The summed E-state index contributed by atoms with van der Waals surface area (Å²) >= 11 is 1.71. The van der Waals surface area contributed by atoms with Gasteiger partial charge in [0.05, 0.1) is 11.4 Å². The molecule has 1 aliphatic rings. The molecule has 0 spiro atoms. The molecule has 1 N–H and O–H groups in total. The molecule has 0 radical (unpaired) electrons. The molecule has 29 heavy (non-hydrogen) atoms. The molecule has 0 saturated carbocycles. The van der Waals surface area contributed by atoms with E-state index in [1.807, 2.05) is 42.2 Å². The summed E-state index contributed by atoms with van der Waals surface area (Å²) in [6.45, 7) is 4.74. The van der Waals surface area contributed by atoms with Crippen LogP contribution < -0.4 is 5.32 Å². The van der Waals surface area contributed by atoms with Crippen LogP contribution in [0.2, 0.25) is 0 Å². The van der Waals surface area contributed by atoms with Crippen LogP contribution in [-0.4, -0.2) is 68.6 Å². The number of aryl methyl sites for hydroxylation is 1. The van der Waals surface area contributed by atoms with E-state index in [0.29, 0.717) is 44.2 Å². The Morgan fingerprint density at radius 1 is 1.00 bits per heavy atom. The van der Waals surface area contributed by atoms with E-state index in [2.05, 4.69) is 17.4 Å². The van der Waals surface area contributed by atoms with Crippen molar-refractivity contribution in [3.63, 3.8) is 0 Å². The molecule has 0 bridgehead atoms. The fourth-order valence-electron chi connectivity index (χ4n) is 3.12. The van der Waals surface area contributed by atoms with Gasteiger partial charge in [0.25, 0.3) is 0 Å². The van der Waals surface area contributed by atoms with Crippen LogP contribution in [0.4, 0.5) is 0 Å². The first-order valence-corrected chi connectivity index (χ1v) is 12.1. The van der Waals surface area contributed by atoms with Gasteiger partial charge in [-0.3, -0.25) is 9.69 Å². The molecule has 1 amide bonds. The quantitative estimate of drug-likeness (QED) is 0.511. The molecule has 1 aliphatic heterocycles. The van der Waals surface area contributed by atoms with Crippen molar-refractivity contribution in [3.05, 3.63) is 60.2 Å². The van der Waals surface area contributed by atoms with Crippen LogP contribution in [0.5, 0.6) is 0 Å². The van der Waals surface area contributed by atoms with Gasteiger partial charge in [-0.15, -0.1) is 11.8 Å². The normalized spacial score (nSPS) is 15.9. The standard InChI is InChI=1S/C21H27N3O3S2/c1-18-7-9-20(10-8-18)29(26,27)24-14-12-23(13-15-24)17-21(25)22-11-16-28-19-5-3-2-4-6-19/h2-10H,11-17H2,1H3,(H,22,25). The van der Waals surface area contributed by atoms with Crippen molar-refractivity contribution in [2.45, 2.75) is 16.7 Å². The maximum atomic E-state index is 12.7. The average Bonchev–Trinajstić information content (AvgIpc) is 2.73. The largest absolute Gasteiger partial charge is 0.354 e. The van der Waals surface area contributed by atoms with Gasteiger partial charge in [0.1, 0.15) is 0 Å². The number of rotatable bonds is 8. The minimum absolute atomic E-state index is 0.0199. The van der Waals surface area contributed by atoms with Crippen LogP contribution in [0.1, 0.15) is 5.56 Å². The molecular formula is C21H27N3O3S2. The summed E-state index contributed by atoms with van der Waals surface area (Å²) in [4.78, 5) is 15.7. The summed E-state index contributed by atoms with van der Waals surface area (Å²) in [7, 11) is -3.47. The van der Waals surface area contributed by atoms with E-state index in [1.165, 1.54) is 9.20 Å². The van der Waals surface area contributed by atoms with Crippen molar-refractivity contribution < 1.29 is 13.2 Å². The zero-order valence-electron chi connectivity index (χ0n) is 16.6. The van der Waals surface area contributed by atoms with Crippen LogP contribution in [0.3, 0.4) is 0 Å². The molecule has 8 heteroatoms. The number of benzene rings is 2. The Hall–Kier alpha value is -1.87. The first-order valence-electron chi connectivity index (χ1n) is 9.69. The summed E-state index contributed by atoms with van der Waals surface area (Å²) in [6.07, 6.45) is 0. The van der Waals surface area contributed by atoms with Gasteiger partial charge in [-0.05, 0) is 31.2 Å². The lowest BCUT2D eigenvalue weighted by Gasteiger charge is -2.33. The Bertz CT molecular complexity index is 895. The van der Waals surface area contributed by atoms with Gasteiger partial charge >= 0.3 is 0 Å². The zero-order chi connectivity index (χ0) is 20.7. The topological polar surface area (TPSA) is 69.7 Å². The number of hydrogen-bond acceptors (Lipinski definition) is 5. The first kappa shape index (κ1) is 21.8. The maximum Gasteiger partial charge on any atom is 0.243 e. The summed E-state index contributed by atoms with van der Waals surface area (Å²) in [5.41, 5.74) is 1.03. The predicted molar refractivity (Wildman–Crippen MR) is 117 cm³/mol. The first-order chi connectivity index (χ1) is 13.9. The van der Waals surface area contributed by atoms with E-state index < -0.39 is 10.0 Å². The molecule has 0 unspecified atom stereocenters. The molecule has 2 aromatic rings. The SMILES string of the molecule is Cc1ccc(S(=O)(=O)N2CCN(CC(=O)NCCSc3ccccc3)CC2)cc1. The van der Waals surface area contributed by atoms with Crippen molar-refractivity contribution in [1.82, 2.24) is 14.5 Å². The van der Waals surface area contributed by atoms with E-state index >= 15 is 0 Å². The minimum atomic E-state index is -3.47. The Morgan fingerprint density at radius 2 is 1.66 bits per heavy atom. The van der Waals surface area contributed by atoms with Gasteiger partial charge in [0.2, 0.25) is 15.9 Å². The van der Waals surface area contributed by atoms with E-state index in [1.54, 1.807) is 23.9 Å². The molecule has 1 heterocycles. The summed E-state index contributed by atoms with van der Waals surface area (Å²) in [5, 5.41) is 2.94. The van der Waals surface area contributed by atoms with Crippen LogP contribution >= 0.6 is 11.8 Å². The minimum Gasteiger partial charge on any atom is -0.354 e. The van der Waals surface area contributed by atoms with Crippen LogP contribution in [0.25, 0.3) is 0 Å². The second-order valence-corrected chi connectivity index (χ2v) is 10.1. The van der Waals surface area contributed by atoms with Gasteiger partial charge < -0.3 is 5.32 Å². The van der Waals surface area contributed by atoms with Crippen molar-refractivity contribution in [1.29, 1.82) is 0 Å². The molecule has 1 saturated heterocycles. The third-order valence-electron chi connectivity index (χ3n) is 4.79. The number of nitrogens with one attached hydrogen (secondary N) is 1. The fourth-order valence-corrected chi connectivity index (χ4v) is 5.33. The zero-order valence-corrected chi connectivity index (χ0v) is 18.2. The van der Waals surface area contributed by atoms with Crippen LogP contribution in [0.15, 0.2) is 64.4 Å². The molecular weight excluding hydrogens is 406 g/mol. The van der Waals surface area contributed by atoms with Gasteiger partial charge in [-0.2, -0.15) is 4.31 Å². The highest BCUT2D eigenvalue weighted by Crippen LogP contribution is 2.18. The van der Waals surface area contributed by atoms with E-state index in [4.69, 9.17) is 0 Å². The lowest BCUT2D eigenvalue weighted by Crippen LogP contribution is -2.51. The Labute approximate surface area is 177 Å². The van der Waals surface area contributed by atoms with Crippen molar-refractivity contribution in [2.75, 3.05) is 45.0 Å². The Morgan fingerprint density at radius 3 is 2.31 bits per heavy atom. The number of piperazine rings is 1. The predicted octanol–water partition coefficient (Wildman–Crippen LogP) is 2.21. The van der Waals surface area contributed by atoms with Crippen molar-refractivity contribution in [2.24, 2.45) is 0 Å². The van der Waals surface area contributed by atoms with Crippen LogP contribution in [0, 0.1) is 6.92 Å². The molecule has 156 valence electrons. The second-order valence-electron chi connectivity index (χ2n) is 7.00. The third kappa shape index (κ3) is 6.30. The Kier molecular flexibility index (Phi) is 7.71. The summed E-state index contributed by atoms with van der Waals surface area (Å²) < 4.78 is 27.0. The van der Waals surface area contributed by atoms with Crippen LogP contribution in [-0.2, 0) is 14.8 Å². The number of amides is 1. The van der Waals surface area contributed by atoms with Gasteiger partial charge in [0.15, 0.2) is 0 Å². The van der Waals surface area contributed by atoms with E-state index in [0.717, 1.165) is 11.3 Å². The number of sulfonamides is 1. The fraction of sp³-hybridized carbons (Fsp3) is 0.381. The van der Waals surface area contributed by atoms with Crippen molar-refractivity contribution >= 4 is 27.7 Å². The lowest BCUT2D eigenvalue weighted by molar-refractivity contribution is -0.122. The molecule has 0 aromatic heterocycles. The molecule has 3 rings (SSSR count). The van der Waals surface area contributed by atoms with E-state index in [-0.39, 0.29) is 5.91 Å². The van der Waals surface area contributed by atoms with Gasteiger partial charge in [0, 0.05) is 43.4 Å². The lowest BCUT2D eigenvalue weighted by atomic mass is 10.2. The maximum absolute atomic E-state index is 12.7. The highest BCUT2D eigenvalue weighted by Gasteiger charge is 2.28. The molecule has 1 fully saturated rings. The number of thioether (sulfide) groups is 1. The number of carbonyl (C=O) groups excluding carboxylic acids is 1. The molecule has 2 aromatic carbocycles. The number of hydrogen-bond donors (Lipinski definition) is 1. The van der Waals surface area contributed by atoms with Gasteiger partial charge in [-0.25, -0.2) is 8.42 Å². The molecule has 0 aliphatic carbocycles. The third-order valence-corrected chi connectivity index (χ3v) is 7.72. The summed E-state index contributed by atoms with van der Waals surface area (Å²) in [5.74, 6) is 0.798. The molecule has 6 nitrogen and oxygen atoms in total. The Balaban J connectivity index is 1.39. The highest BCUT2D eigenvalue weighted by molar-refractivity contribution is 7.99. The number of carbonyl (C=O) groups is 1. The highest BCUT2D eigenvalue weighted by atomic mass is 32.2. The molecule has 0 atom stereocenters. The monoisotopic (exact) mass is 433 g/mol. The van der Waals surface area contributed by atoms with E-state index in [9.17, 15) is 13.2 Å². The summed E-state index contributed by atoms with van der Waals surface area (Å²) in [6, 6.07) is 17.0.